The Kier molecular flexibility index (Phi) is 4.11. The van der Waals surface area contributed by atoms with Gasteiger partial charge in [0.15, 0.2) is 0 Å². The molecule has 1 aliphatic heterocycles. The quantitative estimate of drug-likeness (QED) is 0.513. The SMILES string of the molecule is CC1CC(Nc2ccc(C=O)cc2[N+](=O)[O-])CCO1. The van der Waals surface area contributed by atoms with Gasteiger partial charge in [0.25, 0.3) is 5.69 Å². The van der Waals surface area contributed by atoms with E-state index in [1.807, 2.05) is 6.92 Å². The molecule has 0 amide bonds. The lowest BCUT2D eigenvalue weighted by Crippen LogP contribution is -2.32. The van der Waals surface area contributed by atoms with Crippen molar-refractivity contribution in [3.8, 4) is 0 Å². The molecule has 0 radical (unpaired) electrons. The predicted octanol–water partition coefficient (Wildman–Crippen LogP) is 2.39. The Hall–Kier alpha value is -1.95. The zero-order valence-electron chi connectivity index (χ0n) is 10.7. The number of hydrogen-bond donors (Lipinski definition) is 1. The number of aldehydes is 1. The van der Waals surface area contributed by atoms with Gasteiger partial charge in [-0.15, -0.1) is 0 Å². The third kappa shape index (κ3) is 3.29. The van der Waals surface area contributed by atoms with E-state index in [0.717, 1.165) is 12.8 Å². The molecule has 0 saturated carbocycles. The molecule has 1 aliphatic rings. The number of carbonyl (C=O) groups is 1. The van der Waals surface area contributed by atoms with E-state index < -0.39 is 4.92 Å². The van der Waals surface area contributed by atoms with Crippen molar-refractivity contribution in [2.45, 2.75) is 31.9 Å². The fourth-order valence-electron chi connectivity index (χ4n) is 2.24. The summed E-state index contributed by atoms with van der Waals surface area (Å²) < 4.78 is 5.44. The maximum absolute atomic E-state index is 11.0. The van der Waals surface area contributed by atoms with Crippen LogP contribution in [-0.2, 0) is 4.74 Å². The van der Waals surface area contributed by atoms with Gasteiger partial charge in [0.2, 0.25) is 0 Å². The average Bonchev–Trinajstić information content (AvgIpc) is 2.39. The minimum atomic E-state index is -0.474. The van der Waals surface area contributed by atoms with E-state index in [1.54, 1.807) is 12.1 Å². The van der Waals surface area contributed by atoms with Crippen molar-refractivity contribution in [1.29, 1.82) is 0 Å². The monoisotopic (exact) mass is 264 g/mol. The number of nitrogens with one attached hydrogen (secondary N) is 1. The predicted molar refractivity (Wildman–Crippen MR) is 70.5 cm³/mol. The van der Waals surface area contributed by atoms with Crippen LogP contribution in [0.1, 0.15) is 30.1 Å². The summed E-state index contributed by atoms with van der Waals surface area (Å²) in [7, 11) is 0. The topological polar surface area (TPSA) is 81.5 Å². The summed E-state index contributed by atoms with van der Waals surface area (Å²) in [6, 6.07) is 4.61. The van der Waals surface area contributed by atoms with Gasteiger partial charge in [-0.05, 0) is 31.9 Å². The summed E-state index contributed by atoms with van der Waals surface area (Å²) in [5.74, 6) is 0. The molecule has 1 fully saturated rings. The van der Waals surface area contributed by atoms with Crippen LogP contribution in [0.25, 0.3) is 0 Å². The highest BCUT2D eigenvalue weighted by Gasteiger charge is 2.22. The van der Waals surface area contributed by atoms with E-state index in [-0.39, 0.29) is 17.8 Å². The lowest BCUT2D eigenvalue weighted by atomic mass is 10.0. The summed E-state index contributed by atoms with van der Waals surface area (Å²) in [6.45, 7) is 2.64. The third-order valence-electron chi connectivity index (χ3n) is 3.20. The van der Waals surface area contributed by atoms with E-state index in [2.05, 4.69) is 5.32 Å². The van der Waals surface area contributed by atoms with E-state index in [1.165, 1.54) is 6.07 Å². The van der Waals surface area contributed by atoms with Gasteiger partial charge in [-0.2, -0.15) is 0 Å². The number of nitrogens with zero attached hydrogens (tertiary/aromatic N) is 1. The molecule has 2 rings (SSSR count). The van der Waals surface area contributed by atoms with Crippen LogP contribution >= 0.6 is 0 Å². The zero-order valence-corrected chi connectivity index (χ0v) is 10.7. The lowest BCUT2D eigenvalue weighted by molar-refractivity contribution is -0.384. The Morgan fingerprint density at radius 2 is 2.32 bits per heavy atom. The second kappa shape index (κ2) is 5.79. The summed E-state index contributed by atoms with van der Waals surface area (Å²) in [6.07, 6.45) is 2.39. The maximum Gasteiger partial charge on any atom is 0.293 e. The maximum atomic E-state index is 11.0. The van der Waals surface area contributed by atoms with Crippen molar-refractivity contribution in [2.75, 3.05) is 11.9 Å². The summed E-state index contributed by atoms with van der Waals surface area (Å²) in [5.41, 5.74) is 0.691. The number of hydrogen-bond acceptors (Lipinski definition) is 5. The molecule has 1 saturated heterocycles. The van der Waals surface area contributed by atoms with Crippen LogP contribution in [0, 0.1) is 10.1 Å². The first kappa shape index (κ1) is 13.5. The van der Waals surface area contributed by atoms with Gasteiger partial charge < -0.3 is 10.1 Å². The first-order valence-electron chi connectivity index (χ1n) is 6.22. The molecule has 1 aromatic carbocycles. The Morgan fingerprint density at radius 3 is 2.95 bits per heavy atom. The summed E-state index contributed by atoms with van der Waals surface area (Å²) in [5, 5.41) is 14.2. The van der Waals surface area contributed by atoms with E-state index in [9.17, 15) is 14.9 Å². The van der Waals surface area contributed by atoms with Crippen molar-refractivity contribution < 1.29 is 14.5 Å². The van der Waals surface area contributed by atoms with E-state index in [0.29, 0.717) is 24.1 Å². The van der Waals surface area contributed by atoms with Crippen molar-refractivity contribution >= 4 is 17.7 Å². The van der Waals surface area contributed by atoms with Gasteiger partial charge in [-0.1, -0.05) is 0 Å². The molecule has 1 N–H and O–H groups in total. The lowest BCUT2D eigenvalue weighted by Gasteiger charge is -2.28. The highest BCUT2D eigenvalue weighted by atomic mass is 16.6. The molecule has 0 aromatic heterocycles. The molecule has 1 aromatic rings. The fraction of sp³-hybridized carbons (Fsp3) is 0.462. The van der Waals surface area contributed by atoms with Crippen LogP contribution in [0.2, 0.25) is 0 Å². The number of benzene rings is 1. The van der Waals surface area contributed by atoms with Gasteiger partial charge in [-0.25, -0.2) is 0 Å². The van der Waals surface area contributed by atoms with Crippen molar-refractivity contribution in [3.05, 3.63) is 33.9 Å². The molecule has 0 aliphatic carbocycles. The van der Waals surface area contributed by atoms with Crippen molar-refractivity contribution in [1.82, 2.24) is 0 Å². The number of rotatable bonds is 4. The van der Waals surface area contributed by atoms with Gasteiger partial charge >= 0.3 is 0 Å². The highest BCUT2D eigenvalue weighted by Crippen LogP contribution is 2.28. The molecule has 2 unspecified atom stereocenters. The largest absolute Gasteiger partial charge is 0.378 e. The molecule has 102 valence electrons. The number of carbonyl (C=O) groups excluding carboxylic acids is 1. The van der Waals surface area contributed by atoms with Gasteiger partial charge in [-0.3, -0.25) is 14.9 Å². The summed E-state index contributed by atoms with van der Waals surface area (Å²) in [4.78, 5) is 21.2. The number of nitro groups is 1. The van der Waals surface area contributed by atoms with Crippen LogP contribution in [0.3, 0.4) is 0 Å². The molecular weight excluding hydrogens is 248 g/mol. The standard InChI is InChI=1S/C13H16N2O4/c1-9-6-11(4-5-19-9)14-12-3-2-10(8-16)7-13(12)15(17)18/h2-3,7-9,11,14H,4-6H2,1H3. The number of ether oxygens (including phenoxy) is 1. The van der Waals surface area contributed by atoms with Crippen LogP contribution in [-0.4, -0.2) is 30.0 Å². The van der Waals surface area contributed by atoms with Crippen LogP contribution < -0.4 is 5.32 Å². The second-order valence-electron chi connectivity index (χ2n) is 4.70. The molecule has 0 spiro atoms. The molecule has 2 atom stereocenters. The minimum absolute atomic E-state index is 0.0660. The van der Waals surface area contributed by atoms with Crippen LogP contribution in [0.15, 0.2) is 18.2 Å². The Balaban J connectivity index is 2.19. The zero-order chi connectivity index (χ0) is 13.8. The molecule has 19 heavy (non-hydrogen) atoms. The third-order valence-corrected chi connectivity index (χ3v) is 3.20. The Morgan fingerprint density at radius 1 is 1.53 bits per heavy atom. The smallest absolute Gasteiger partial charge is 0.293 e. The van der Waals surface area contributed by atoms with E-state index in [4.69, 9.17) is 4.74 Å². The Labute approximate surface area is 110 Å². The number of anilines is 1. The normalized spacial score (nSPS) is 22.8. The highest BCUT2D eigenvalue weighted by molar-refractivity contribution is 5.79. The molecular formula is C13H16N2O4. The Bertz CT molecular complexity index is 490. The van der Waals surface area contributed by atoms with Crippen LogP contribution in [0.4, 0.5) is 11.4 Å². The van der Waals surface area contributed by atoms with Crippen LogP contribution in [0.5, 0.6) is 0 Å². The van der Waals surface area contributed by atoms with Gasteiger partial charge in [0.1, 0.15) is 12.0 Å². The first-order chi connectivity index (χ1) is 9.10. The molecule has 1 heterocycles. The van der Waals surface area contributed by atoms with E-state index >= 15 is 0 Å². The van der Waals surface area contributed by atoms with Gasteiger partial charge in [0, 0.05) is 24.3 Å². The molecule has 6 nitrogen and oxygen atoms in total. The van der Waals surface area contributed by atoms with Crippen molar-refractivity contribution in [3.63, 3.8) is 0 Å². The summed E-state index contributed by atoms with van der Waals surface area (Å²) >= 11 is 0. The number of nitro benzene ring substituents is 1. The van der Waals surface area contributed by atoms with Gasteiger partial charge in [0.05, 0.1) is 11.0 Å². The fourth-order valence-corrected chi connectivity index (χ4v) is 2.24. The average molecular weight is 264 g/mol. The molecule has 6 heteroatoms. The molecule has 0 bridgehead atoms. The minimum Gasteiger partial charge on any atom is -0.378 e. The van der Waals surface area contributed by atoms with Crippen molar-refractivity contribution in [2.24, 2.45) is 0 Å². The second-order valence-corrected chi connectivity index (χ2v) is 4.70. The first-order valence-corrected chi connectivity index (χ1v) is 6.22.